The van der Waals surface area contributed by atoms with Crippen molar-refractivity contribution in [1.82, 2.24) is 5.32 Å². The van der Waals surface area contributed by atoms with Crippen molar-refractivity contribution in [1.29, 1.82) is 0 Å². The average molecular weight is 256 g/mol. The Bertz CT molecular complexity index is 339. The number of nitrogens with one attached hydrogen (secondary N) is 1. The van der Waals surface area contributed by atoms with Gasteiger partial charge in [0.2, 0.25) is 5.91 Å². The Balaban J connectivity index is 2.78. The fourth-order valence-electron chi connectivity index (χ4n) is 2.76. The first-order chi connectivity index (χ1) is 8.17. The minimum Gasteiger partial charge on any atom is -0.481 e. The molecule has 1 rings (SSSR count). The van der Waals surface area contributed by atoms with Gasteiger partial charge in [-0.2, -0.15) is 0 Å². The Kier molecular flexibility index (Phi) is 4.37. The van der Waals surface area contributed by atoms with Crippen molar-refractivity contribution in [3.63, 3.8) is 0 Å². The fourth-order valence-corrected chi connectivity index (χ4v) is 2.76. The van der Waals surface area contributed by atoms with Gasteiger partial charge in [-0.1, -0.05) is 20.8 Å². The van der Waals surface area contributed by atoms with Crippen molar-refractivity contribution in [3.8, 4) is 0 Å². The number of aliphatic carboxylic acids is 1. The molecule has 0 aromatic rings. The second kappa shape index (κ2) is 5.26. The molecule has 1 fully saturated rings. The highest BCUT2D eigenvalue weighted by molar-refractivity contribution is 5.81. The summed E-state index contributed by atoms with van der Waals surface area (Å²) in [4.78, 5) is 22.9. The molecule has 1 amide bonds. The Morgan fingerprint density at radius 3 is 2.39 bits per heavy atom. The lowest BCUT2D eigenvalue weighted by Gasteiger charge is -2.46. The zero-order valence-corrected chi connectivity index (χ0v) is 11.6. The largest absolute Gasteiger partial charge is 0.481 e. The number of carbonyl (C=O) groups excluding carboxylic acids is 1. The highest BCUT2D eigenvalue weighted by atomic mass is 16.4. The Hall–Kier alpha value is -1.10. The van der Waals surface area contributed by atoms with E-state index >= 15 is 0 Å². The summed E-state index contributed by atoms with van der Waals surface area (Å²) in [6.07, 6.45) is 1.29. The molecule has 18 heavy (non-hydrogen) atoms. The van der Waals surface area contributed by atoms with Crippen LogP contribution in [0.25, 0.3) is 0 Å². The number of carbonyl (C=O) groups is 2. The van der Waals surface area contributed by atoms with Crippen LogP contribution >= 0.6 is 0 Å². The smallest absolute Gasteiger partial charge is 0.307 e. The summed E-state index contributed by atoms with van der Waals surface area (Å²) in [5, 5.41) is 12.2. The molecule has 1 saturated carbocycles. The third-order valence-corrected chi connectivity index (χ3v) is 4.48. The molecular weight excluding hydrogens is 232 g/mol. The molecule has 3 unspecified atom stereocenters. The van der Waals surface area contributed by atoms with Crippen molar-refractivity contribution in [2.45, 2.75) is 52.6 Å². The van der Waals surface area contributed by atoms with Crippen LogP contribution < -0.4 is 11.1 Å². The first kappa shape index (κ1) is 15.0. The molecule has 0 aliphatic heterocycles. The van der Waals surface area contributed by atoms with Crippen LogP contribution in [0.4, 0.5) is 0 Å². The molecule has 0 saturated heterocycles. The summed E-state index contributed by atoms with van der Waals surface area (Å²) in [5.41, 5.74) is 5.20. The molecule has 1 aliphatic carbocycles. The van der Waals surface area contributed by atoms with E-state index in [2.05, 4.69) is 5.32 Å². The van der Waals surface area contributed by atoms with E-state index in [0.717, 1.165) is 0 Å². The van der Waals surface area contributed by atoms with Gasteiger partial charge in [-0.25, -0.2) is 0 Å². The number of hydrogen-bond donors (Lipinski definition) is 3. The van der Waals surface area contributed by atoms with Gasteiger partial charge in [0, 0.05) is 6.04 Å². The van der Waals surface area contributed by atoms with Crippen LogP contribution in [-0.2, 0) is 9.59 Å². The second-order valence-corrected chi connectivity index (χ2v) is 5.98. The lowest BCUT2D eigenvalue weighted by Crippen LogP contribution is -2.54. The van der Waals surface area contributed by atoms with Gasteiger partial charge in [0.25, 0.3) is 0 Å². The topological polar surface area (TPSA) is 92.4 Å². The van der Waals surface area contributed by atoms with Crippen LogP contribution in [0.1, 0.15) is 40.5 Å². The van der Waals surface area contributed by atoms with E-state index in [4.69, 9.17) is 5.73 Å². The molecule has 5 nitrogen and oxygen atoms in total. The Morgan fingerprint density at radius 1 is 1.39 bits per heavy atom. The molecule has 0 spiro atoms. The van der Waals surface area contributed by atoms with Crippen molar-refractivity contribution in [2.75, 3.05) is 0 Å². The highest BCUT2D eigenvalue weighted by Crippen LogP contribution is 2.45. The van der Waals surface area contributed by atoms with Crippen LogP contribution in [0.2, 0.25) is 0 Å². The first-order valence-electron chi connectivity index (χ1n) is 6.46. The van der Waals surface area contributed by atoms with Crippen molar-refractivity contribution in [2.24, 2.45) is 23.0 Å². The molecule has 0 heterocycles. The molecule has 4 atom stereocenters. The van der Waals surface area contributed by atoms with Gasteiger partial charge in [0.15, 0.2) is 0 Å². The van der Waals surface area contributed by atoms with Crippen molar-refractivity contribution < 1.29 is 14.7 Å². The highest BCUT2D eigenvalue weighted by Gasteiger charge is 2.46. The number of carboxylic acids is 1. The standard InChI is InChI=1S/C13H24N2O3/c1-7-10(15-11(16)8(2)14)6-5-9(12(17)18)13(7,3)4/h7-10H,5-6,14H2,1-4H3,(H,15,16)(H,17,18)/t7?,8-,9?,10?/m0/s1. The molecule has 4 N–H and O–H groups in total. The summed E-state index contributed by atoms with van der Waals surface area (Å²) in [7, 11) is 0. The van der Waals surface area contributed by atoms with Crippen molar-refractivity contribution in [3.05, 3.63) is 0 Å². The normalized spacial score (nSPS) is 32.6. The number of carboxylic acid groups (broad SMARTS) is 1. The second-order valence-electron chi connectivity index (χ2n) is 5.98. The van der Waals surface area contributed by atoms with Crippen LogP contribution in [-0.4, -0.2) is 29.1 Å². The molecule has 0 bridgehead atoms. The van der Waals surface area contributed by atoms with E-state index in [1.54, 1.807) is 6.92 Å². The average Bonchev–Trinajstić information content (AvgIpc) is 2.23. The lowest BCUT2D eigenvalue weighted by atomic mass is 9.61. The van der Waals surface area contributed by atoms with Gasteiger partial charge < -0.3 is 16.2 Å². The molecular formula is C13H24N2O3. The van der Waals surface area contributed by atoms with E-state index in [9.17, 15) is 14.7 Å². The van der Waals surface area contributed by atoms with E-state index in [1.807, 2.05) is 20.8 Å². The molecule has 1 aliphatic rings. The molecule has 5 heteroatoms. The van der Waals surface area contributed by atoms with Gasteiger partial charge >= 0.3 is 5.97 Å². The zero-order chi connectivity index (χ0) is 14.1. The monoisotopic (exact) mass is 256 g/mol. The van der Waals surface area contributed by atoms with Crippen LogP contribution in [0, 0.1) is 17.3 Å². The number of rotatable bonds is 3. The molecule has 0 radical (unpaired) electrons. The van der Waals surface area contributed by atoms with Crippen LogP contribution in [0.5, 0.6) is 0 Å². The van der Waals surface area contributed by atoms with Crippen LogP contribution in [0.15, 0.2) is 0 Å². The number of hydrogen-bond acceptors (Lipinski definition) is 3. The Morgan fingerprint density at radius 2 is 1.94 bits per heavy atom. The molecule has 0 aromatic carbocycles. The minimum absolute atomic E-state index is 0.00843. The minimum atomic E-state index is -0.746. The number of amides is 1. The van der Waals surface area contributed by atoms with E-state index in [1.165, 1.54) is 0 Å². The zero-order valence-electron chi connectivity index (χ0n) is 11.6. The fraction of sp³-hybridized carbons (Fsp3) is 0.846. The summed E-state index contributed by atoms with van der Waals surface area (Å²) >= 11 is 0. The third-order valence-electron chi connectivity index (χ3n) is 4.48. The van der Waals surface area contributed by atoms with Gasteiger partial charge in [-0.15, -0.1) is 0 Å². The van der Waals surface area contributed by atoms with Gasteiger partial charge in [0.1, 0.15) is 0 Å². The SMILES string of the molecule is CC1C(NC(=O)[C@H](C)N)CCC(C(=O)O)C1(C)C. The molecule has 0 aromatic heterocycles. The van der Waals surface area contributed by atoms with E-state index < -0.39 is 12.0 Å². The maximum Gasteiger partial charge on any atom is 0.307 e. The first-order valence-corrected chi connectivity index (χ1v) is 6.46. The summed E-state index contributed by atoms with van der Waals surface area (Å²) < 4.78 is 0. The lowest BCUT2D eigenvalue weighted by molar-refractivity contribution is -0.150. The quantitative estimate of drug-likeness (QED) is 0.701. The van der Waals surface area contributed by atoms with Crippen LogP contribution in [0.3, 0.4) is 0 Å². The summed E-state index contributed by atoms with van der Waals surface area (Å²) in [6, 6.07) is -0.522. The maximum atomic E-state index is 11.6. The van der Waals surface area contributed by atoms with Gasteiger partial charge in [-0.3, -0.25) is 9.59 Å². The van der Waals surface area contributed by atoms with E-state index in [-0.39, 0.29) is 29.2 Å². The van der Waals surface area contributed by atoms with E-state index in [0.29, 0.717) is 12.8 Å². The predicted octanol–water partition coefficient (Wildman–Crippen LogP) is 0.975. The van der Waals surface area contributed by atoms with Gasteiger partial charge in [-0.05, 0) is 31.1 Å². The van der Waals surface area contributed by atoms with Crippen molar-refractivity contribution >= 4 is 11.9 Å². The molecule has 104 valence electrons. The summed E-state index contributed by atoms with van der Waals surface area (Å²) in [5.74, 6) is -1.16. The predicted molar refractivity (Wildman–Crippen MR) is 68.9 cm³/mol. The maximum absolute atomic E-state index is 11.6. The van der Waals surface area contributed by atoms with Gasteiger partial charge in [0.05, 0.1) is 12.0 Å². The Labute approximate surface area is 108 Å². The third kappa shape index (κ3) is 2.83. The number of nitrogens with two attached hydrogens (primary N) is 1. The summed E-state index contributed by atoms with van der Waals surface area (Å²) in [6.45, 7) is 7.57.